The Bertz CT molecular complexity index is 1050. The van der Waals surface area contributed by atoms with Gasteiger partial charge in [-0.15, -0.1) is 11.3 Å². The number of nitrogens with one attached hydrogen (secondary N) is 2. The first-order valence-electron chi connectivity index (χ1n) is 8.87. The maximum absolute atomic E-state index is 13.4. The van der Waals surface area contributed by atoms with Crippen molar-refractivity contribution in [2.75, 3.05) is 5.32 Å². The van der Waals surface area contributed by atoms with Crippen LogP contribution in [0.4, 0.5) is 14.5 Å². The number of hydrogen-bond acceptors (Lipinski definition) is 4. The number of hydrogen-bond donors (Lipinski definition) is 2. The van der Waals surface area contributed by atoms with Crippen LogP contribution in [0.25, 0.3) is 0 Å². The topological polar surface area (TPSA) is 71.1 Å². The predicted molar refractivity (Wildman–Crippen MR) is 108 cm³/mol. The predicted octanol–water partition coefficient (Wildman–Crippen LogP) is 4.15. The Kier molecular flexibility index (Phi) is 6.33. The SMILES string of the molecule is Cc1ccc(F)cc1NC(=O)Cc1nc(C)c(C(=O)NCc2ccc(F)cc2)s1. The molecule has 2 N–H and O–H groups in total. The van der Waals surface area contributed by atoms with E-state index in [1.54, 1.807) is 32.0 Å². The number of thiazole rings is 1. The van der Waals surface area contributed by atoms with Crippen molar-refractivity contribution in [2.24, 2.45) is 0 Å². The monoisotopic (exact) mass is 415 g/mol. The van der Waals surface area contributed by atoms with Crippen molar-refractivity contribution in [3.05, 3.63) is 80.8 Å². The first-order valence-corrected chi connectivity index (χ1v) is 9.68. The fraction of sp³-hybridized carbons (Fsp3) is 0.190. The van der Waals surface area contributed by atoms with Crippen molar-refractivity contribution in [3.8, 4) is 0 Å². The van der Waals surface area contributed by atoms with Crippen molar-refractivity contribution in [1.82, 2.24) is 10.3 Å². The highest BCUT2D eigenvalue weighted by molar-refractivity contribution is 7.13. The van der Waals surface area contributed by atoms with E-state index in [4.69, 9.17) is 0 Å². The van der Waals surface area contributed by atoms with E-state index in [1.807, 2.05) is 0 Å². The number of benzene rings is 2. The molecule has 0 spiro atoms. The molecule has 0 unspecified atom stereocenters. The maximum Gasteiger partial charge on any atom is 0.263 e. The van der Waals surface area contributed by atoms with E-state index < -0.39 is 5.82 Å². The third kappa shape index (κ3) is 5.45. The summed E-state index contributed by atoms with van der Waals surface area (Å²) >= 11 is 1.13. The lowest BCUT2D eigenvalue weighted by atomic mass is 10.2. The van der Waals surface area contributed by atoms with E-state index in [0.717, 1.165) is 22.5 Å². The summed E-state index contributed by atoms with van der Waals surface area (Å²) in [6.45, 7) is 3.72. The van der Waals surface area contributed by atoms with Crippen LogP contribution in [0.5, 0.6) is 0 Å². The molecule has 0 saturated carbocycles. The number of aromatic nitrogens is 1. The number of carbonyl (C=O) groups excluding carboxylic acids is 2. The van der Waals surface area contributed by atoms with Crippen LogP contribution in [0.15, 0.2) is 42.5 Å². The molecule has 0 radical (unpaired) electrons. The molecule has 3 rings (SSSR count). The quantitative estimate of drug-likeness (QED) is 0.635. The molecule has 0 atom stereocenters. The highest BCUT2D eigenvalue weighted by Crippen LogP contribution is 2.20. The second-order valence-corrected chi connectivity index (χ2v) is 7.60. The molecule has 5 nitrogen and oxygen atoms in total. The number of rotatable bonds is 6. The standard InChI is InChI=1S/C21H19F2N3O2S/c1-12-3-6-16(23)9-17(12)26-18(27)10-19-25-13(2)20(29-19)21(28)24-11-14-4-7-15(22)8-5-14/h3-9H,10-11H2,1-2H3,(H,24,28)(H,26,27). The van der Waals surface area contributed by atoms with Crippen molar-refractivity contribution in [3.63, 3.8) is 0 Å². The molecule has 0 aliphatic carbocycles. The van der Waals surface area contributed by atoms with Crippen molar-refractivity contribution in [2.45, 2.75) is 26.8 Å². The average molecular weight is 415 g/mol. The summed E-state index contributed by atoms with van der Waals surface area (Å²) < 4.78 is 26.3. The lowest BCUT2D eigenvalue weighted by molar-refractivity contribution is -0.115. The van der Waals surface area contributed by atoms with Crippen molar-refractivity contribution in [1.29, 1.82) is 0 Å². The number of anilines is 1. The molecule has 2 aromatic carbocycles. The minimum atomic E-state index is -0.434. The molecule has 1 aromatic heterocycles. The summed E-state index contributed by atoms with van der Waals surface area (Å²) in [6, 6.07) is 10.0. The highest BCUT2D eigenvalue weighted by atomic mass is 32.1. The van der Waals surface area contributed by atoms with Crippen LogP contribution in [-0.4, -0.2) is 16.8 Å². The smallest absolute Gasteiger partial charge is 0.263 e. The molecule has 3 aromatic rings. The van der Waals surface area contributed by atoms with Gasteiger partial charge in [0.15, 0.2) is 0 Å². The molecule has 0 saturated heterocycles. The highest BCUT2D eigenvalue weighted by Gasteiger charge is 2.17. The molecule has 1 heterocycles. The molecule has 0 aliphatic heterocycles. The summed E-state index contributed by atoms with van der Waals surface area (Å²) in [5.41, 5.74) is 2.44. The summed E-state index contributed by atoms with van der Waals surface area (Å²) in [6.07, 6.45) is -0.0211. The molecule has 0 fully saturated rings. The molecule has 29 heavy (non-hydrogen) atoms. The van der Waals surface area contributed by atoms with Gasteiger partial charge in [0.2, 0.25) is 5.91 Å². The minimum Gasteiger partial charge on any atom is -0.347 e. The fourth-order valence-electron chi connectivity index (χ4n) is 2.66. The normalized spacial score (nSPS) is 10.6. The molecule has 0 bridgehead atoms. The number of nitrogens with zero attached hydrogens (tertiary/aromatic N) is 1. The Morgan fingerprint density at radius 1 is 1.03 bits per heavy atom. The number of carbonyl (C=O) groups is 2. The maximum atomic E-state index is 13.4. The Morgan fingerprint density at radius 2 is 1.72 bits per heavy atom. The van der Waals surface area contributed by atoms with Gasteiger partial charge in [-0.2, -0.15) is 0 Å². The molecular weight excluding hydrogens is 396 g/mol. The van der Waals surface area contributed by atoms with Gasteiger partial charge in [0.1, 0.15) is 21.5 Å². The van der Waals surface area contributed by atoms with Crippen LogP contribution in [0.3, 0.4) is 0 Å². The lowest BCUT2D eigenvalue weighted by Gasteiger charge is -2.07. The zero-order valence-corrected chi connectivity index (χ0v) is 16.7. The largest absolute Gasteiger partial charge is 0.347 e. The lowest BCUT2D eigenvalue weighted by Crippen LogP contribution is -2.22. The summed E-state index contributed by atoms with van der Waals surface area (Å²) in [7, 11) is 0. The van der Waals surface area contributed by atoms with Crippen LogP contribution in [0.2, 0.25) is 0 Å². The summed E-state index contributed by atoms with van der Waals surface area (Å²) in [5, 5.41) is 5.91. The number of amides is 2. The zero-order chi connectivity index (χ0) is 21.0. The van der Waals surface area contributed by atoms with Gasteiger partial charge >= 0.3 is 0 Å². The van der Waals surface area contributed by atoms with Crippen molar-refractivity contribution < 1.29 is 18.4 Å². The Balaban J connectivity index is 1.61. The van der Waals surface area contributed by atoms with Gasteiger partial charge in [0.05, 0.1) is 12.1 Å². The third-order valence-electron chi connectivity index (χ3n) is 4.20. The first-order chi connectivity index (χ1) is 13.8. The second-order valence-electron chi connectivity index (χ2n) is 6.52. The van der Waals surface area contributed by atoms with Gasteiger partial charge in [-0.25, -0.2) is 13.8 Å². The molecule has 0 aliphatic rings. The van der Waals surface area contributed by atoms with E-state index in [0.29, 0.717) is 21.3 Å². The van der Waals surface area contributed by atoms with E-state index >= 15 is 0 Å². The second kappa shape index (κ2) is 8.91. The molecule has 150 valence electrons. The van der Waals surface area contributed by atoms with E-state index in [9.17, 15) is 18.4 Å². The Labute approximate surface area is 170 Å². The van der Waals surface area contributed by atoms with E-state index in [2.05, 4.69) is 15.6 Å². The van der Waals surface area contributed by atoms with Gasteiger partial charge in [-0.3, -0.25) is 9.59 Å². The third-order valence-corrected chi connectivity index (χ3v) is 5.36. The molecule has 2 amide bonds. The zero-order valence-electron chi connectivity index (χ0n) is 15.9. The first kappa shape index (κ1) is 20.6. The van der Waals surface area contributed by atoms with Gasteiger partial charge in [0, 0.05) is 12.2 Å². The minimum absolute atomic E-state index is 0.0211. The fourth-order valence-corrected chi connectivity index (χ4v) is 3.64. The van der Waals surface area contributed by atoms with Gasteiger partial charge in [-0.05, 0) is 49.2 Å². The van der Waals surface area contributed by atoms with Gasteiger partial charge in [0.25, 0.3) is 5.91 Å². The van der Waals surface area contributed by atoms with Crippen LogP contribution in [0.1, 0.15) is 31.5 Å². The summed E-state index contributed by atoms with van der Waals surface area (Å²) in [5.74, 6) is -1.42. The van der Waals surface area contributed by atoms with Crippen LogP contribution < -0.4 is 10.6 Å². The molecule has 8 heteroatoms. The van der Waals surface area contributed by atoms with Crippen molar-refractivity contribution >= 4 is 28.8 Å². The number of halogens is 2. The Hall–Kier alpha value is -3.13. The van der Waals surface area contributed by atoms with Gasteiger partial charge in [-0.1, -0.05) is 18.2 Å². The Morgan fingerprint density at radius 3 is 2.45 bits per heavy atom. The summed E-state index contributed by atoms with van der Waals surface area (Å²) in [4.78, 5) is 29.4. The van der Waals surface area contributed by atoms with Crippen LogP contribution in [0, 0.1) is 25.5 Å². The average Bonchev–Trinajstić information content (AvgIpc) is 3.04. The van der Waals surface area contributed by atoms with E-state index in [1.165, 1.54) is 24.3 Å². The van der Waals surface area contributed by atoms with Gasteiger partial charge < -0.3 is 10.6 Å². The van der Waals surface area contributed by atoms with Crippen LogP contribution in [-0.2, 0) is 17.8 Å². The van der Waals surface area contributed by atoms with Crippen LogP contribution >= 0.6 is 11.3 Å². The molecular formula is C21H19F2N3O2S. The number of aryl methyl sites for hydroxylation is 2. The van der Waals surface area contributed by atoms with E-state index in [-0.39, 0.29) is 30.6 Å².